The van der Waals surface area contributed by atoms with E-state index in [1.807, 2.05) is 31.2 Å². The fourth-order valence-electron chi connectivity index (χ4n) is 2.98. The van der Waals surface area contributed by atoms with Crippen LogP contribution in [0.2, 0.25) is 0 Å². The van der Waals surface area contributed by atoms with Crippen molar-refractivity contribution in [3.05, 3.63) is 59.4 Å². The maximum absolute atomic E-state index is 12.7. The zero-order valence-electron chi connectivity index (χ0n) is 15.4. The summed E-state index contributed by atoms with van der Waals surface area (Å²) in [6.45, 7) is 5.37. The number of nitrogens with one attached hydrogen (secondary N) is 1. The molecule has 3 rings (SSSR count). The van der Waals surface area contributed by atoms with E-state index in [1.54, 1.807) is 15.9 Å². The number of hydrogen-bond acceptors (Lipinski definition) is 4. The van der Waals surface area contributed by atoms with Gasteiger partial charge in [-0.15, -0.1) is 0 Å². The Bertz CT molecular complexity index is 873. The third-order valence-electron chi connectivity index (χ3n) is 4.65. The van der Waals surface area contributed by atoms with Gasteiger partial charge in [0.25, 0.3) is 11.8 Å². The lowest BCUT2D eigenvalue weighted by atomic mass is 10.1. The fraction of sp³-hybridized carbons (Fsp3) is 0.300. The number of para-hydroxylation sites is 1. The number of carbonyl (C=O) groups excluding carboxylic acids is 3. The smallest absolute Gasteiger partial charge is 0.272 e. The Morgan fingerprint density at radius 2 is 1.67 bits per heavy atom. The molecule has 3 amide bonds. The molecular formula is C20H22N4O3. The summed E-state index contributed by atoms with van der Waals surface area (Å²) in [6, 6.07) is 10.6. The predicted octanol–water partition coefficient (Wildman–Crippen LogP) is 1.95. The number of rotatable bonds is 3. The minimum absolute atomic E-state index is 0.00935. The molecule has 140 valence electrons. The summed E-state index contributed by atoms with van der Waals surface area (Å²) in [7, 11) is 0. The molecule has 0 radical (unpaired) electrons. The highest BCUT2D eigenvalue weighted by atomic mass is 16.2. The maximum atomic E-state index is 12.7. The van der Waals surface area contributed by atoms with Crippen LogP contribution in [0.5, 0.6) is 0 Å². The molecule has 7 nitrogen and oxygen atoms in total. The quantitative estimate of drug-likeness (QED) is 0.900. The number of aryl methyl sites for hydroxylation is 1. The molecule has 27 heavy (non-hydrogen) atoms. The van der Waals surface area contributed by atoms with E-state index >= 15 is 0 Å². The number of pyridine rings is 1. The fourth-order valence-corrected chi connectivity index (χ4v) is 2.98. The standard InChI is InChI=1S/C20H22N4O3/c1-14-5-3-4-6-17(14)22-19(26)16-7-8-21-18(13-16)20(27)24-11-9-23(10-12-24)15(2)25/h3-8,13H,9-12H2,1-2H3,(H,22,26). The second-order valence-corrected chi connectivity index (χ2v) is 6.50. The van der Waals surface area contributed by atoms with E-state index in [4.69, 9.17) is 0 Å². The van der Waals surface area contributed by atoms with Gasteiger partial charge in [0.1, 0.15) is 5.69 Å². The molecule has 2 aromatic rings. The Kier molecular flexibility index (Phi) is 5.49. The molecule has 1 aromatic heterocycles. The Morgan fingerprint density at radius 3 is 2.33 bits per heavy atom. The minimum atomic E-state index is -0.290. The Balaban J connectivity index is 1.70. The van der Waals surface area contributed by atoms with E-state index < -0.39 is 0 Å². The number of benzene rings is 1. The van der Waals surface area contributed by atoms with Crippen LogP contribution in [-0.4, -0.2) is 58.7 Å². The summed E-state index contributed by atoms with van der Waals surface area (Å²) in [5.74, 6) is -0.513. The van der Waals surface area contributed by atoms with Gasteiger partial charge in [-0.25, -0.2) is 0 Å². The number of carbonyl (C=O) groups is 3. The molecule has 0 atom stereocenters. The summed E-state index contributed by atoms with van der Waals surface area (Å²) in [4.78, 5) is 44.1. The lowest BCUT2D eigenvalue weighted by molar-refractivity contribution is -0.130. The van der Waals surface area contributed by atoms with E-state index in [0.29, 0.717) is 31.7 Å². The molecule has 1 aromatic carbocycles. The number of amides is 3. The minimum Gasteiger partial charge on any atom is -0.339 e. The SMILES string of the molecule is CC(=O)N1CCN(C(=O)c2cc(C(=O)Nc3ccccc3C)ccn2)CC1. The Labute approximate surface area is 158 Å². The monoisotopic (exact) mass is 366 g/mol. The molecule has 0 aliphatic carbocycles. The van der Waals surface area contributed by atoms with Crippen LogP contribution in [0.1, 0.15) is 33.3 Å². The van der Waals surface area contributed by atoms with Crippen molar-refractivity contribution in [2.45, 2.75) is 13.8 Å². The molecule has 1 aliphatic rings. The van der Waals surface area contributed by atoms with Crippen LogP contribution in [0.3, 0.4) is 0 Å². The van der Waals surface area contributed by atoms with Crippen molar-refractivity contribution < 1.29 is 14.4 Å². The molecule has 7 heteroatoms. The average molecular weight is 366 g/mol. The molecule has 0 unspecified atom stereocenters. The number of aromatic nitrogens is 1. The second kappa shape index (κ2) is 7.99. The highest BCUT2D eigenvalue weighted by Gasteiger charge is 2.24. The van der Waals surface area contributed by atoms with Gasteiger partial charge in [-0.3, -0.25) is 19.4 Å². The van der Waals surface area contributed by atoms with Gasteiger partial charge in [0, 0.05) is 50.6 Å². The molecule has 0 bridgehead atoms. The summed E-state index contributed by atoms with van der Waals surface area (Å²) < 4.78 is 0. The first-order chi connectivity index (χ1) is 13.0. The molecule has 2 heterocycles. The maximum Gasteiger partial charge on any atom is 0.272 e. The van der Waals surface area contributed by atoms with Gasteiger partial charge in [-0.2, -0.15) is 0 Å². The molecule has 0 saturated carbocycles. The first-order valence-corrected chi connectivity index (χ1v) is 8.83. The van der Waals surface area contributed by atoms with Crippen LogP contribution in [0, 0.1) is 6.92 Å². The van der Waals surface area contributed by atoms with Crippen molar-refractivity contribution in [1.29, 1.82) is 0 Å². The molecule has 0 spiro atoms. The van der Waals surface area contributed by atoms with E-state index in [-0.39, 0.29) is 23.4 Å². The number of nitrogens with zero attached hydrogens (tertiary/aromatic N) is 3. The van der Waals surface area contributed by atoms with Crippen LogP contribution in [0.15, 0.2) is 42.6 Å². The number of hydrogen-bond donors (Lipinski definition) is 1. The van der Waals surface area contributed by atoms with Gasteiger partial charge < -0.3 is 15.1 Å². The van der Waals surface area contributed by atoms with Crippen molar-refractivity contribution in [3.8, 4) is 0 Å². The van der Waals surface area contributed by atoms with Gasteiger partial charge in [0.2, 0.25) is 5.91 Å². The van der Waals surface area contributed by atoms with Crippen molar-refractivity contribution in [2.24, 2.45) is 0 Å². The van der Waals surface area contributed by atoms with Gasteiger partial charge in [-0.05, 0) is 30.7 Å². The molecule has 1 saturated heterocycles. The van der Waals surface area contributed by atoms with E-state index in [1.165, 1.54) is 19.2 Å². The van der Waals surface area contributed by atoms with Gasteiger partial charge >= 0.3 is 0 Å². The van der Waals surface area contributed by atoms with Gasteiger partial charge in [0.15, 0.2) is 0 Å². The van der Waals surface area contributed by atoms with Gasteiger partial charge in [0.05, 0.1) is 0 Å². The Hall–Kier alpha value is -3.22. The zero-order valence-corrected chi connectivity index (χ0v) is 15.4. The van der Waals surface area contributed by atoms with Crippen LogP contribution < -0.4 is 5.32 Å². The first kappa shape index (κ1) is 18.6. The van der Waals surface area contributed by atoms with Crippen LogP contribution in [0.25, 0.3) is 0 Å². The van der Waals surface area contributed by atoms with Gasteiger partial charge in [-0.1, -0.05) is 18.2 Å². The molecule has 1 aliphatic heterocycles. The van der Waals surface area contributed by atoms with E-state index in [2.05, 4.69) is 10.3 Å². The summed E-state index contributed by atoms with van der Waals surface area (Å²) >= 11 is 0. The lowest BCUT2D eigenvalue weighted by Gasteiger charge is -2.34. The molecule has 1 fully saturated rings. The largest absolute Gasteiger partial charge is 0.339 e. The number of anilines is 1. The zero-order chi connectivity index (χ0) is 19.4. The topological polar surface area (TPSA) is 82.6 Å². The third-order valence-corrected chi connectivity index (χ3v) is 4.65. The van der Waals surface area contributed by atoms with Crippen LogP contribution in [-0.2, 0) is 4.79 Å². The average Bonchev–Trinajstić information content (AvgIpc) is 2.69. The number of piperazine rings is 1. The van der Waals surface area contributed by atoms with Crippen molar-refractivity contribution in [2.75, 3.05) is 31.5 Å². The predicted molar refractivity (Wildman–Crippen MR) is 102 cm³/mol. The van der Waals surface area contributed by atoms with E-state index in [9.17, 15) is 14.4 Å². The highest BCUT2D eigenvalue weighted by Crippen LogP contribution is 2.15. The molecular weight excluding hydrogens is 344 g/mol. The lowest BCUT2D eigenvalue weighted by Crippen LogP contribution is -2.50. The van der Waals surface area contributed by atoms with Crippen LogP contribution in [0.4, 0.5) is 5.69 Å². The van der Waals surface area contributed by atoms with E-state index in [0.717, 1.165) is 11.3 Å². The summed E-state index contributed by atoms with van der Waals surface area (Å²) in [5.41, 5.74) is 2.29. The first-order valence-electron chi connectivity index (χ1n) is 8.83. The van der Waals surface area contributed by atoms with Crippen molar-refractivity contribution >= 4 is 23.4 Å². The second-order valence-electron chi connectivity index (χ2n) is 6.50. The Morgan fingerprint density at radius 1 is 1.00 bits per heavy atom. The normalized spacial score (nSPS) is 14.0. The van der Waals surface area contributed by atoms with Crippen LogP contribution >= 0.6 is 0 Å². The highest BCUT2D eigenvalue weighted by molar-refractivity contribution is 6.06. The summed E-state index contributed by atoms with van der Waals surface area (Å²) in [6.07, 6.45) is 1.46. The summed E-state index contributed by atoms with van der Waals surface area (Å²) in [5, 5.41) is 2.85. The molecule has 1 N–H and O–H groups in total. The third kappa shape index (κ3) is 4.31. The van der Waals surface area contributed by atoms with Crippen molar-refractivity contribution in [1.82, 2.24) is 14.8 Å². The van der Waals surface area contributed by atoms with Crippen molar-refractivity contribution in [3.63, 3.8) is 0 Å².